The zero-order chi connectivity index (χ0) is 11.5. The molecule has 16 heavy (non-hydrogen) atoms. The average molecular weight is 238 g/mol. The minimum absolute atomic E-state index is 0.0603. The van der Waals surface area contributed by atoms with Gasteiger partial charge >= 0.3 is 0 Å². The number of hydrogen-bond donors (Lipinski definition) is 2. The first-order valence-corrected chi connectivity index (χ1v) is 6.54. The van der Waals surface area contributed by atoms with Gasteiger partial charge in [0.25, 0.3) is 0 Å². The van der Waals surface area contributed by atoms with Crippen LogP contribution in [0.1, 0.15) is 29.0 Å². The Balaban J connectivity index is 1.70. The first-order valence-electron chi connectivity index (χ1n) is 5.73. The van der Waals surface area contributed by atoms with Crippen LogP contribution in [0, 0.1) is 12.8 Å². The summed E-state index contributed by atoms with van der Waals surface area (Å²) in [7, 11) is 0. The molecule has 4 heteroatoms. The normalized spacial score (nSPS) is 17.1. The topological polar surface area (TPSA) is 55.1 Å². The molecule has 0 saturated heterocycles. The Hall–Kier alpha value is -0.870. The molecular weight excluding hydrogens is 220 g/mol. The van der Waals surface area contributed by atoms with E-state index < -0.39 is 0 Å². The third kappa shape index (κ3) is 3.32. The van der Waals surface area contributed by atoms with E-state index in [2.05, 4.69) is 24.4 Å². The van der Waals surface area contributed by atoms with Crippen LogP contribution in [-0.2, 0) is 11.3 Å². The number of rotatable bonds is 5. The van der Waals surface area contributed by atoms with E-state index in [1.807, 2.05) is 0 Å². The lowest BCUT2D eigenvalue weighted by molar-refractivity contribution is -0.121. The minimum atomic E-state index is 0.0603. The van der Waals surface area contributed by atoms with Crippen LogP contribution in [0.4, 0.5) is 0 Å². The quantitative estimate of drug-likeness (QED) is 0.822. The van der Waals surface area contributed by atoms with Crippen molar-refractivity contribution in [2.24, 2.45) is 11.7 Å². The second-order valence-electron chi connectivity index (χ2n) is 4.49. The largest absolute Gasteiger partial charge is 0.351 e. The summed E-state index contributed by atoms with van der Waals surface area (Å²) < 4.78 is 0. The Kier molecular flexibility index (Phi) is 3.61. The van der Waals surface area contributed by atoms with E-state index in [4.69, 9.17) is 5.73 Å². The molecule has 1 aromatic rings. The lowest BCUT2D eigenvalue weighted by atomic mass is 10.1. The minimum Gasteiger partial charge on any atom is -0.351 e. The van der Waals surface area contributed by atoms with Crippen molar-refractivity contribution in [2.75, 3.05) is 0 Å². The van der Waals surface area contributed by atoms with Crippen molar-refractivity contribution in [3.8, 4) is 0 Å². The molecule has 1 fully saturated rings. The number of carbonyl (C=O) groups is 1. The zero-order valence-corrected chi connectivity index (χ0v) is 10.3. The van der Waals surface area contributed by atoms with Gasteiger partial charge in [-0.2, -0.15) is 0 Å². The van der Waals surface area contributed by atoms with Crippen molar-refractivity contribution in [3.63, 3.8) is 0 Å². The number of hydrogen-bond acceptors (Lipinski definition) is 3. The van der Waals surface area contributed by atoms with Crippen LogP contribution in [0.2, 0.25) is 0 Å². The van der Waals surface area contributed by atoms with Gasteiger partial charge in [-0.25, -0.2) is 0 Å². The molecule has 0 radical (unpaired) electrons. The molecule has 88 valence electrons. The summed E-state index contributed by atoms with van der Waals surface area (Å²) in [5.74, 6) is 0.667. The maximum atomic E-state index is 11.6. The molecule has 0 spiro atoms. The van der Waals surface area contributed by atoms with E-state index in [-0.39, 0.29) is 11.9 Å². The highest BCUT2D eigenvalue weighted by atomic mass is 32.1. The number of carbonyl (C=O) groups excluding carboxylic acids is 1. The van der Waals surface area contributed by atoms with Crippen LogP contribution in [0.15, 0.2) is 12.1 Å². The molecule has 1 atom stereocenters. The lowest BCUT2D eigenvalue weighted by Crippen LogP contribution is -2.32. The van der Waals surface area contributed by atoms with E-state index in [0.717, 1.165) is 0 Å². The highest BCUT2D eigenvalue weighted by Gasteiger charge is 2.29. The van der Waals surface area contributed by atoms with E-state index >= 15 is 0 Å². The van der Waals surface area contributed by atoms with Gasteiger partial charge in [0.05, 0.1) is 6.54 Å². The van der Waals surface area contributed by atoms with E-state index in [9.17, 15) is 4.79 Å². The fourth-order valence-electron chi connectivity index (χ4n) is 1.74. The molecule has 3 N–H and O–H groups in total. The SMILES string of the molecule is Cc1ccc(CNC(=O)CC(N)C2CC2)s1. The summed E-state index contributed by atoms with van der Waals surface area (Å²) in [6.45, 7) is 2.70. The molecule has 0 aromatic carbocycles. The van der Waals surface area contributed by atoms with Gasteiger partial charge < -0.3 is 11.1 Å². The number of thiophene rings is 1. The third-order valence-corrected chi connectivity index (χ3v) is 3.91. The summed E-state index contributed by atoms with van der Waals surface area (Å²) in [6.07, 6.45) is 2.85. The molecule has 1 unspecified atom stereocenters. The molecule has 3 nitrogen and oxygen atoms in total. The third-order valence-electron chi connectivity index (χ3n) is 2.90. The summed E-state index contributed by atoms with van der Waals surface area (Å²) in [4.78, 5) is 14.1. The lowest BCUT2D eigenvalue weighted by Gasteiger charge is -2.09. The monoisotopic (exact) mass is 238 g/mol. The van der Waals surface area contributed by atoms with Gasteiger partial charge in [0, 0.05) is 22.2 Å². The second-order valence-corrected chi connectivity index (χ2v) is 5.87. The molecule has 0 aliphatic heterocycles. The van der Waals surface area contributed by atoms with Gasteiger partial charge in [-0.15, -0.1) is 11.3 Å². The number of amides is 1. The molecule has 2 rings (SSSR count). The molecule has 1 saturated carbocycles. The van der Waals surface area contributed by atoms with Crippen LogP contribution >= 0.6 is 11.3 Å². The van der Waals surface area contributed by atoms with Crippen LogP contribution in [0.3, 0.4) is 0 Å². The summed E-state index contributed by atoms with van der Waals surface area (Å²) >= 11 is 1.72. The smallest absolute Gasteiger partial charge is 0.221 e. The molecule has 0 bridgehead atoms. The fourth-order valence-corrected chi connectivity index (χ4v) is 2.57. The summed E-state index contributed by atoms with van der Waals surface area (Å²) in [6, 6.07) is 4.19. The summed E-state index contributed by atoms with van der Waals surface area (Å²) in [5, 5.41) is 2.92. The Labute approximate surface area is 100 Å². The van der Waals surface area contributed by atoms with Gasteiger partial charge in [-0.3, -0.25) is 4.79 Å². The Morgan fingerprint density at radius 1 is 1.62 bits per heavy atom. The van der Waals surface area contributed by atoms with E-state index in [1.165, 1.54) is 22.6 Å². The second kappa shape index (κ2) is 4.97. The van der Waals surface area contributed by atoms with Crippen LogP contribution < -0.4 is 11.1 Å². The Morgan fingerprint density at radius 3 is 2.94 bits per heavy atom. The fraction of sp³-hybridized carbons (Fsp3) is 0.583. The van der Waals surface area contributed by atoms with E-state index in [0.29, 0.717) is 18.9 Å². The zero-order valence-electron chi connectivity index (χ0n) is 9.53. The van der Waals surface area contributed by atoms with Gasteiger partial charge in [-0.1, -0.05) is 0 Å². The number of nitrogens with two attached hydrogens (primary N) is 1. The van der Waals surface area contributed by atoms with E-state index in [1.54, 1.807) is 11.3 Å². The molecular formula is C12H18N2OS. The number of nitrogens with one attached hydrogen (secondary N) is 1. The Morgan fingerprint density at radius 2 is 2.38 bits per heavy atom. The predicted octanol–water partition coefficient (Wildman–Crippen LogP) is 1.80. The molecule has 1 heterocycles. The maximum absolute atomic E-state index is 11.6. The van der Waals surface area contributed by atoms with Gasteiger partial charge in [0.1, 0.15) is 0 Å². The Bertz CT molecular complexity index is 371. The number of aryl methyl sites for hydroxylation is 1. The van der Waals surface area contributed by atoms with Crippen molar-refractivity contribution in [3.05, 3.63) is 21.9 Å². The molecule has 1 aromatic heterocycles. The van der Waals surface area contributed by atoms with Gasteiger partial charge in [-0.05, 0) is 37.8 Å². The highest BCUT2D eigenvalue weighted by Crippen LogP contribution is 2.32. The molecule has 1 aliphatic rings. The van der Waals surface area contributed by atoms with Crippen LogP contribution in [0.5, 0.6) is 0 Å². The standard InChI is InChI=1S/C12H18N2OS/c1-8-2-5-10(16-8)7-14-12(15)6-11(13)9-3-4-9/h2,5,9,11H,3-4,6-7,13H2,1H3,(H,14,15). The molecule has 1 amide bonds. The highest BCUT2D eigenvalue weighted by molar-refractivity contribution is 7.11. The predicted molar refractivity (Wildman–Crippen MR) is 66.2 cm³/mol. The van der Waals surface area contributed by atoms with Gasteiger partial charge in [0.2, 0.25) is 5.91 Å². The van der Waals surface area contributed by atoms with Crippen molar-refractivity contribution < 1.29 is 4.79 Å². The average Bonchev–Trinajstić information content (AvgIpc) is 3.00. The van der Waals surface area contributed by atoms with Crippen molar-refractivity contribution in [1.82, 2.24) is 5.32 Å². The summed E-state index contributed by atoms with van der Waals surface area (Å²) in [5.41, 5.74) is 5.89. The van der Waals surface area contributed by atoms with Crippen molar-refractivity contribution >= 4 is 17.2 Å². The first-order chi connectivity index (χ1) is 7.65. The maximum Gasteiger partial charge on any atom is 0.221 e. The van der Waals surface area contributed by atoms with Crippen molar-refractivity contribution in [1.29, 1.82) is 0 Å². The van der Waals surface area contributed by atoms with Gasteiger partial charge in [0.15, 0.2) is 0 Å². The van der Waals surface area contributed by atoms with Crippen LogP contribution in [-0.4, -0.2) is 11.9 Å². The first kappa shape index (κ1) is 11.6. The van der Waals surface area contributed by atoms with Crippen molar-refractivity contribution in [2.45, 2.75) is 38.8 Å². The van der Waals surface area contributed by atoms with Crippen LogP contribution in [0.25, 0.3) is 0 Å². The molecule has 1 aliphatic carbocycles.